The quantitative estimate of drug-likeness (QED) is 0.106. The minimum Gasteiger partial charge on any atom is -0.261 e. The van der Waals surface area contributed by atoms with Crippen LogP contribution in [-0.4, -0.2) is 131 Å². The summed E-state index contributed by atoms with van der Waals surface area (Å²) in [5, 5.41) is 2.02. The topological polar surface area (TPSA) is 19.4 Å². The van der Waals surface area contributed by atoms with Crippen LogP contribution in [0.3, 0.4) is 0 Å². The normalized spacial score (nSPS) is 14.8. The molecule has 0 radical (unpaired) electrons. The van der Waals surface area contributed by atoms with Crippen LogP contribution in [0.5, 0.6) is 0 Å². The van der Waals surface area contributed by atoms with Crippen LogP contribution < -0.4 is 0 Å². The molecule has 0 fully saturated rings. The van der Waals surface area contributed by atoms with Gasteiger partial charge in [-0.2, -0.15) is 0 Å². The van der Waals surface area contributed by atoms with Crippen molar-refractivity contribution in [1.82, 2.24) is 28.0 Å². The van der Waals surface area contributed by atoms with E-state index in [1.54, 1.807) is 0 Å². The van der Waals surface area contributed by atoms with E-state index < -0.39 is 0 Å². The van der Waals surface area contributed by atoms with Crippen LogP contribution in [0.4, 0.5) is 0 Å². The molecule has 0 N–H and O–H groups in total. The Bertz CT molecular complexity index is 1120. The van der Waals surface area contributed by atoms with E-state index >= 15 is 0 Å². The van der Waals surface area contributed by atoms with Crippen molar-refractivity contribution < 1.29 is 0 Å². The Kier molecular flexibility index (Phi) is 34.4. The van der Waals surface area contributed by atoms with E-state index in [9.17, 15) is 0 Å². The SMILES string of the molecule is CC(C)N(C(C)C)P(N(C(C)C)C(C)C)P(C(C)(C)C)C(C)(C)C.CC(C)N(C(C)C)P(N(C(C)C)C(C)C)P(C(C)(C)C)C(C)(C)C.CC(C)N(C(C)C)P(N(C(C)C)C(C)C)P(C(C)(C)C)C(C)(C)C. The fourth-order valence-corrected chi connectivity index (χ4v) is 48.6. The molecule has 0 aromatic carbocycles. The predicted molar refractivity (Wildman–Crippen MR) is 353 cm³/mol. The minimum atomic E-state index is -0.353. The maximum Gasteiger partial charge on any atom is 0.0668 e. The van der Waals surface area contributed by atoms with Crippen LogP contribution in [0.1, 0.15) is 291 Å². The lowest BCUT2D eigenvalue weighted by atomic mass is 10.2. The summed E-state index contributed by atoms with van der Waals surface area (Å²) in [6.07, 6.45) is 0. The van der Waals surface area contributed by atoms with Crippen molar-refractivity contribution in [3.8, 4) is 0 Å². The highest BCUT2D eigenvalue weighted by atomic mass is 32.1. The van der Waals surface area contributed by atoms with Crippen molar-refractivity contribution in [2.45, 2.75) is 394 Å². The molecule has 72 heavy (non-hydrogen) atoms. The lowest BCUT2D eigenvalue weighted by molar-refractivity contribution is 0.262. The fraction of sp³-hybridized carbons (Fsp3) is 1.00. The molecule has 0 bridgehead atoms. The number of nitrogens with zero attached hydrogens (tertiary/aromatic N) is 6. The van der Waals surface area contributed by atoms with E-state index in [2.05, 4.69) is 319 Å². The Morgan fingerprint density at radius 2 is 0.236 bits per heavy atom. The van der Waals surface area contributed by atoms with Gasteiger partial charge in [0, 0.05) is 72.5 Å². The first kappa shape index (κ1) is 78.6. The molecule has 0 saturated heterocycles. The van der Waals surface area contributed by atoms with Crippen LogP contribution in [-0.2, 0) is 0 Å². The second-order valence-electron chi connectivity index (χ2n) is 30.2. The molecule has 6 nitrogen and oxygen atoms in total. The summed E-state index contributed by atoms with van der Waals surface area (Å²) < 4.78 is 17.1. The van der Waals surface area contributed by atoms with Gasteiger partial charge in [-0.05, 0) is 220 Å². The van der Waals surface area contributed by atoms with E-state index in [4.69, 9.17) is 0 Å². The van der Waals surface area contributed by atoms with Crippen molar-refractivity contribution in [1.29, 1.82) is 0 Å². The average Bonchev–Trinajstić information content (AvgIpc) is 3.03. The summed E-state index contributed by atoms with van der Waals surface area (Å²) in [5.41, 5.74) is 0. The smallest absolute Gasteiger partial charge is 0.0668 e. The molecule has 0 spiro atoms. The van der Waals surface area contributed by atoms with Crippen molar-refractivity contribution in [2.75, 3.05) is 0 Å². The van der Waals surface area contributed by atoms with Crippen LogP contribution in [0, 0.1) is 0 Å². The van der Waals surface area contributed by atoms with Gasteiger partial charge in [-0.15, -0.1) is 0 Å². The van der Waals surface area contributed by atoms with Crippen molar-refractivity contribution in [3.05, 3.63) is 0 Å². The highest BCUT2D eigenvalue weighted by Crippen LogP contribution is 2.86. The summed E-state index contributed by atoms with van der Waals surface area (Å²) in [7, 11) is -1.65. The second-order valence-corrected chi connectivity index (χ2v) is 51.3. The van der Waals surface area contributed by atoms with E-state index in [1.165, 1.54) is 0 Å². The largest absolute Gasteiger partial charge is 0.261 e. The molecule has 0 unspecified atom stereocenters. The maximum atomic E-state index is 2.84. The predicted octanol–water partition coefficient (Wildman–Crippen LogP) is 22.6. The van der Waals surface area contributed by atoms with Gasteiger partial charge < -0.3 is 0 Å². The fourth-order valence-electron chi connectivity index (χ4n) is 11.7. The van der Waals surface area contributed by atoms with Gasteiger partial charge in [-0.25, -0.2) is 0 Å². The number of hydrogen-bond donors (Lipinski definition) is 0. The molecule has 0 heterocycles. The molecule has 0 rings (SSSR count). The first-order valence-corrected chi connectivity index (χ1v) is 39.0. The summed E-state index contributed by atoms with van der Waals surface area (Å²) in [6, 6.07) is 6.90. The average molecular weight is 1130 g/mol. The van der Waals surface area contributed by atoms with Crippen molar-refractivity contribution >= 4 is 46.6 Å². The third kappa shape index (κ3) is 24.6. The van der Waals surface area contributed by atoms with Crippen LogP contribution in [0.2, 0.25) is 0 Å². The van der Waals surface area contributed by atoms with Gasteiger partial charge in [0.2, 0.25) is 0 Å². The third-order valence-electron chi connectivity index (χ3n) is 11.9. The molecular formula is C60H138N6P6. The molecule has 0 aliphatic rings. The van der Waals surface area contributed by atoms with Crippen LogP contribution >= 0.6 is 46.6 Å². The number of hydrogen-bond acceptors (Lipinski definition) is 6. The Labute approximate surface area is 466 Å². The van der Waals surface area contributed by atoms with E-state index in [0.29, 0.717) is 103 Å². The molecule has 0 aliphatic heterocycles. The summed E-state index contributed by atoms with van der Waals surface area (Å²) >= 11 is 0. The molecule has 0 saturated carbocycles. The molecule has 0 aromatic rings. The van der Waals surface area contributed by atoms with Crippen molar-refractivity contribution in [3.63, 3.8) is 0 Å². The molecule has 438 valence electrons. The first-order chi connectivity index (χ1) is 31.6. The van der Waals surface area contributed by atoms with E-state index in [1.807, 2.05) is 0 Å². The highest BCUT2D eigenvalue weighted by molar-refractivity contribution is 8.30. The molecule has 12 heteroatoms. The van der Waals surface area contributed by atoms with Gasteiger partial charge in [-0.3, -0.25) is 28.0 Å². The standard InChI is InChI=1S/3C20H46N2P2/c3*1-15(2)21(16(3)4)24(22(17(5)6)18(7)8)23(19(9,10)11)20(12,13)14/h3*15-18H,1-14H3. The van der Waals surface area contributed by atoms with Crippen LogP contribution in [0.25, 0.3) is 0 Å². The molecule has 0 amide bonds. The van der Waals surface area contributed by atoms with Crippen LogP contribution in [0.15, 0.2) is 0 Å². The lowest BCUT2D eigenvalue weighted by Crippen LogP contribution is -2.44. The zero-order chi connectivity index (χ0) is 58.9. The molecule has 0 aromatic heterocycles. The lowest BCUT2D eigenvalue weighted by Gasteiger charge is -2.57. The summed E-state index contributed by atoms with van der Waals surface area (Å²) in [5.74, 6) is 0. The van der Waals surface area contributed by atoms with Gasteiger partial charge in [0.15, 0.2) is 0 Å². The van der Waals surface area contributed by atoms with E-state index in [-0.39, 0.29) is 46.6 Å². The molecular weight excluding hydrogens is 991 g/mol. The first-order valence-electron chi connectivity index (χ1n) is 29.1. The highest BCUT2D eigenvalue weighted by Gasteiger charge is 2.51. The Morgan fingerprint density at radius 1 is 0.167 bits per heavy atom. The number of rotatable bonds is 21. The van der Waals surface area contributed by atoms with E-state index in [0.717, 1.165) is 0 Å². The van der Waals surface area contributed by atoms with Gasteiger partial charge in [0.1, 0.15) is 0 Å². The van der Waals surface area contributed by atoms with Gasteiger partial charge >= 0.3 is 0 Å². The minimum absolute atomic E-state index is 0.198. The third-order valence-corrected chi connectivity index (χ3v) is 46.4. The summed E-state index contributed by atoms with van der Waals surface area (Å²) in [6.45, 7) is 102. The monoisotopic (exact) mass is 1130 g/mol. The van der Waals surface area contributed by atoms with Gasteiger partial charge in [-0.1, -0.05) is 125 Å². The summed E-state index contributed by atoms with van der Waals surface area (Å²) in [4.78, 5) is 0. The molecule has 0 aliphatic carbocycles. The molecule has 0 atom stereocenters. The Hall–Kier alpha value is 2.34. The van der Waals surface area contributed by atoms with Gasteiger partial charge in [0.25, 0.3) is 0 Å². The Balaban J connectivity index is -0.000000992. The van der Waals surface area contributed by atoms with Gasteiger partial charge in [0.05, 0.1) is 23.7 Å². The Morgan fingerprint density at radius 3 is 0.278 bits per heavy atom. The van der Waals surface area contributed by atoms with Crippen molar-refractivity contribution in [2.24, 2.45) is 0 Å². The zero-order valence-electron chi connectivity index (χ0n) is 57.3. The zero-order valence-corrected chi connectivity index (χ0v) is 62.7. The second kappa shape index (κ2) is 31.5. The maximum absolute atomic E-state index is 2.84.